The first kappa shape index (κ1) is 12.0. The van der Waals surface area contributed by atoms with Gasteiger partial charge in [0.25, 0.3) is 0 Å². The Hall–Kier alpha value is -1.42. The van der Waals surface area contributed by atoms with Crippen LogP contribution < -0.4 is 4.90 Å². The Morgan fingerprint density at radius 2 is 2.18 bits per heavy atom. The van der Waals surface area contributed by atoms with Gasteiger partial charge in [0.15, 0.2) is 0 Å². The lowest BCUT2D eigenvalue weighted by Crippen LogP contribution is -2.37. The summed E-state index contributed by atoms with van der Waals surface area (Å²) in [5.74, 6) is -0.253. The number of aldehydes is 1. The monoisotopic (exact) mass is 237 g/mol. The molecule has 0 bridgehead atoms. The Balaban J connectivity index is 2.07. The summed E-state index contributed by atoms with van der Waals surface area (Å²) in [4.78, 5) is 13.1. The van der Waals surface area contributed by atoms with Gasteiger partial charge in [-0.15, -0.1) is 0 Å². The number of hydrogen-bond donors (Lipinski definition) is 0. The van der Waals surface area contributed by atoms with E-state index in [1.54, 1.807) is 12.1 Å². The summed E-state index contributed by atoms with van der Waals surface area (Å²) in [7, 11) is 1.90. The van der Waals surface area contributed by atoms with Gasteiger partial charge >= 0.3 is 0 Å². The maximum atomic E-state index is 12.8. The fourth-order valence-corrected chi connectivity index (χ4v) is 2.14. The molecule has 1 aromatic rings. The van der Waals surface area contributed by atoms with E-state index in [2.05, 4.69) is 0 Å². The Kier molecular flexibility index (Phi) is 3.43. The van der Waals surface area contributed by atoms with E-state index in [0.29, 0.717) is 19.8 Å². The van der Waals surface area contributed by atoms with Crippen molar-refractivity contribution in [3.8, 4) is 0 Å². The van der Waals surface area contributed by atoms with E-state index in [-0.39, 0.29) is 5.82 Å². The first-order valence-electron chi connectivity index (χ1n) is 5.66. The molecule has 92 valence electrons. The third-order valence-electron chi connectivity index (χ3n) is 3.20. The zero-order valence-electron chi connectivity index (χ0n) is 9.86. The van der Waals surface area contributed by atoms with Crippen molar-refractivity contribution in [1.29, 1.82) is 0 Å². The third-order valence-corrected chi connectivity index (χ3v) is 3.20. The zero-order valence-corrected chi connectivity index (χ0v) is 9.86. The van der Waals surface area contributed by atoms with E-state index < -0.39 is 5.41 Å². The highest BCUT2D eigenvalue weighted by molar-refractivity contribution is 5.62. The third kappa shape index (κ3) is 2.64. The Labute approximate surface area is 100 Å². The summed E-state index contributed by atoms with van der Waals surface area (Å²) >= 11 is 0. The van der Waals surface area contributed by atoms with Crippen LogP contribution in [0.3, 0.4) is 0 Å². The van der Waals surface area contributed by atoms with Crippen LogP contribution in [0.1, 0.15) is 6.42 Å². The number of carbonyl (C=O) groups excluding carboxylic acids is 1. The topological polar surface area (TPSA) is 29.5 Å². The molecule has 1 atom stereocenters. The Morgan fingerprint density at radius 3 is 2.71 bits per heavy atom. The average molecular weight is 237 g/mol. The van der Waals surface area contributed by atoms with Crippen molar-refractivity contribution in [1.82, 2.24) is 0 Å². The van der Waals surface area contributed by atoms with Crippen LogP contribution in [0.5, 0.6) is 0 Å². The summed E-state index contributed by atoms with van der Waals surface area (Å²) < 4.78 is 18.1. The van der Waals surface area contributed by atoms with Crippen LogP contribution in [0.4, 0.5) is 10.1 Å². The van der Waals surface area contributed by atoms with Crippen molar-refractivity contribution in [2.24, 2.45) is 5.41 Å². The molecule has 0 aliphatic carbocycles. The molecule has 17 heavy (non-hydrogen) atoms. The van der Waals surface area contributed by atoms with Gasteiger partial charge < -0.3 is 14.4 Å². The molecule has 0 amide bonds. The second-order valence-electron chi connectivity index (χ2n) is 4.62. The summed E-state index contributed by atoms with van der Waals surface area (Å²) in [6, 6.07) is 6.27. The number of hydrogen-bond acceptors (Lipinski definition) is 3. The lowest BCUT2D eigenvalue weighted by atomic mass is 9.88. The van der Waals surface area contributed by atoms with E-state index >= 15 is 0 Å². The van der Waals surface area contributed by atoms with E-state index in [4.69, 9.17) is 4.74 Å². The molecule has 0 spiro atoms. The molecule has 1 unspecified atom stereocenters. The number of nitrogens with zero attached hydrogens (tertiary/aromatic N) is 1. The first-order chi connectivity index (χ1) is 8.15. The molecular formula is C13H16FNO2. The van der Waals surface area contributed by atoms with Crippen molar-refractivity contribution in [3.63, 3.8) is 0 Å². The largest absolute Gasteiger partial charge is 0.380 e. The molecule has 1 fully saturated rings. The minimum Gasteiger partial charge on any atom is -0.380 e. The standard InChI is InChI=1S/C13H16FNO2/c1-15(12-4-2-11(14)3-5-12)8-13(9-16)6-7-17-10-13/h2-5,9H,6-8,10H2,1H3. The molecule has 1 heterocycles. The summed E-state index contributed by atoms with van der Waals surface area (Å²) in [5.41, 5.74) is 0.489. The normalized spacial score (nSPS) is 23.6. The number of benzene rings is 1. The number of ether oxygens (including phenoxy) is 1. The van der Waals surface area contributed by atoms with Crippen molar-refractivity contribution in [3.05, 3.63) is 30.1 Å². The van der Waals surface area contributed by atoms with Gasteiger partial charge in [-0.25, -0.2) is 4.39 Å². The van der Waals surface area contributed by atoms with Gasteiger partial charge in [0.05, 0.1) is 12.0 Å². The van der Waals surface area contributed by atoms with Crippen molar-refractivity contribution in [2.45, 2.75) is 6.42 Å². The minimum absolute atomic E-state index is 0.253. The second kappa shape index (κ2) is 4.84. The van der Waals surface area contributed by atoms with Gasteiger partial charge in [-0.05, 0) is 30.7 Å². The van der Waals surface area contributed by atoms with Crippen molar-refractivity contribution < 1.29 is 13.9 Å². The number of carbonyl (C=O) groups is 1. The van der Waals surface area contributed by atoms with Gasteiger partial charge in [0.1, 0.15) is 12.1 Å². The molecule has 1 aliphatic rings. The molecule has 0 aromatic heterocycles. The van der Waals surface area contributed by atoms with Crippen LogP contribution in [0.25, 0.3) is 0 Å². The molecule has 1 saturated heterocycles. The SMILES string of the molecule is CN(CC1(C=O)CCOC1)c1ccc(F)cc1. The van der Waals surface area contributed by atoms with Gasteiger partial charge in [0, 0.05) is 25.9 Å². The van der Waals surface area contributed by atoms with Crippen LogP contribution in [0.2, 0.25) is 0 Å². The minimum atomic E-state index is -0.414. The molecule has 1 aliphatic heterocycles. The van der Waals surface area contributed by atoms with Crippen LogP contribution in [0.15, 0.2) is 24.3 Å². The molecule has 4 heteroatoms. The highest BCUT2D eigenvalue weighted by Crippen LogP contribution is 2.28. The fraction of sp³-hybridized carbons (Fsp3) is 0.462. The van der Waals surface area contributed by atoms with Crippen molar-refractivity contribution in [2.75, 3.05) is 31.7 Å². The number of anilines is 1. The molecule has 0 radical (unpaired) electrons. The summed E-state index contributed by atoms with van der Waals surface area (Å²) in [5, 5.41) is 0. The lowest BCUT2D eigenvalue weighted by molar-refractivity contribution is -0.115. The maximum Gasteiger partial charge on any atom is 0.130 e. The summed E-state index contributed by atoms with van der Waals surface area (Å²) in [6.07, 6.45) is 1.74. The van der Waals surface area contributed by atoms with Gasteiger partial charge in [0.2, 0.25) is 0 Å². The first-order valence-corrected chi connectivity index (χ1v) is 5.66. The van der Waals surface area contributed by atoms with Gasteiger partial charge in [-0.3, -0.25) is 0 Å². The molecule has 1 aromatic carbocycles. The zero-order chi connectivity index (χ0) is 12.3. The highest BCUT2D eigenvalue weighted by atomic mass is 19.1. The Morgan fingerprint density at radius 1 is 1.47 bits per heavy atom. The Bertz CT molecular complexity index is 385. The second-order valence-corrected chi connectivity index (χ2v) is 4.62. The van der Waals surface area contributed by atoms with Crippen LogP contribution >= 0.6 is 0 Å². The molecule has 3 nitrogen and oxygen atoms in total. The van der Waals surface area contributed by atoms with E-state index in [9.17, 15) is 9.18 Å². The highest BCUT2D eigenvalue weighted by Gasteiger charge is 2.35. The van der Waals surface area contributed by atoms with Gasteiger partial charge in [-0.1, -0.05) is 0 Å². The molecule has 0 saturated carbocycles. The number of rotatable bonds is 4. The quantitative estimate of drug-likeness (QED) is 0.749. The average Bonchev–Trinajstić information content (AvgIpc) is 2.79. The summed E-state index contributed by atoms with van der Waals surface area (Å²) in [6.45, 7) is 1.71. The smallest absolute Gasteiger partial charge is 0.130 e. The van der Waals surface area contributed by atoms with Crippen molar-refractivity contribution >= 4 is 12.0 Å². The van der Waals surface area contributed by atoms with E-state index in [0.717, 1.165) is 18.4 Å². The predicted molar refractivity (Wildman–Crippen MR) is 63.6 cm³/mol. The van der Waals surface area contributed by atoms with Crippen LogP contribution in [-0.2, 0) is 9.53 Å². The van der Waals surface area contributed by atoms with Gasteiger partial charge in [-0.2, -0.15) is 0 Å². The molecular weight excluding hydrogens is 221 g/mol. The maximum absolute atomic E-state index is 12.8. The number of halogens is 1. The van der Waals surface area contributed by atoms with E-state index in [1.165, 1.54) is 12.1 Å². The van der Waals surface area contributed by atoms with E-state index in [1.807, 2.05) is 11.9 Å². The molecule has 2 rings (SSSR count). The fourth-order valence-electron chi connectivity index (χ4n) is 2.14. The predicted octanol–water partition coefficient (Wildman–Crippen LogP) is 1.87. The molecule has 0 N–H and O–H groups in total. The van der Waals surface area contributed by atoms with Crippen LogP contribution in [0, 0.1) is 11.2 Å². The lowest BCUT2D eigenvalue weighted by Gasteiger charge is -2.28. The van der Waals surface area contributed by atoms with Crippen LogP contribution in [-0.4, -0.2) is 33.1 Å².